The summed E-state index contributed by atoms with van der Waals surface area (Å²) in [6.07, 6.45) is 11.0. The predicted molar refractivity (Wildman–Crippen MR) is 327 cm³/mol. The number of aromatic carboxylic acids is 2. The van der Waals surface area contributed by atoms with E-state index in [9.17, 15) is 46.8 Å². The molecule has 0 radical (unpaired) electrons. The monoisotopic (exact) mass is 1230 g/mol. The van der Waals surface area contributed by atoms with Gasteiger partial charge < -0.3 is 44.3 Å². The molecule has 6 aromatic heterocycles. The minimum atomic E-state index is -4.80. The maximum Gasteiger partial charge on any atom is 0.359 e. The van der Waals surface area contributed by atoms with Crippen molar-refractivity contribution in [1.82, 2.24) is 38.9 Å². The predicted octanol–water partition coefficient (Wildman–Crippen LogP) is 7.92. The van der Waals surface area contributed by atoms with Crippen molar-refractivity contribution in [3.05, 3.63) is 139 Å². The number of aromatic nitrogens is 6. The summed E-state index contributed by atoms with van der Waals surface area (Å²) in [6, 6.07) is 5.30. The van der Waals surface area contributed by atoms with Gasteiger partial charge in [-0.2, -0.15) is 8.42 Å². The van der Waals surface area contributed by atoms with Crippen LogP contribution in [0.5, 0.6) is 0 Å². The Balaban J connectivity index is 0.000000179. The number of nitrogens with zero attached hydrogens (tertiary/aromatic N) is 11. The second kappa shape index (κ2) is 22.1. The van der Waals surface area contributed by atoms with Crippen LogP contribution in [-0.2, 0) is 37.2 Å². The average molecular weight is 1230 g/mol. The van der Waals surface area contributed by atoms with E-state index in [0.717, 1.165) is 64.4 Å². The van der Waals surface area contributed by atoms with Crippen LogP contribution in [0.4, 0.5) is 40.3 Å². The lowest BCUT2D eigenvalue weighted by molar-refractivity contribution is 0.0684. The number of benzene rings is 2. The molecule has 8 aromatic rings. The van der Waals surface area contributed by atoms with E-state index in [2.05, 4.69) is 46.9 Å². The topological polar surface area (TPSA) is 253 Å². The van der Waals surface area contributed by atoms with Gasteiger partial charge in [0.1, 0.15) is 22.4 Å². The number of likely N-dealkylation sites (N-methyl/N-ethyl adjacent to an activating group) is 2. The molecule has 460 valence electrons. The van der Waals surface area contributed by atoms with Gasteiger partial charge in [0.25, 0.3) is 0 Å². The van der Waals surface area contributed by atoms with Crippen molar-refractivity contribution in [3.63, 3.8) is 0 Å². The van der Waals surface area contributed by atoms with E-state index in [4.69, 9.17) is 4.98 Å². The Kier molecular flexibility index (Phi) is 15.3. The first-order valence-electron chi connectivity index (χ1n) is 27.8. The van der Waals surface area contributed by atoms with E-state index in [0.29, 0.717) is 96.5 Å². The van der Waals surface area contributed by atoms with Crippen molar-refractivity contribution < 1.29 is 50.3 Å². The van der Waals surface area contributed by atoms with E-state index >= 15 is 13.2 Å². The van der Waals surface area contributed by atoms with E-state index in [1.165, 1.54) is 39.9 Å². The zero-order chi connectivity index (χ0) is 60.8. The summed E-state index contributed by atoms with van der Waals surface area (Å²) in [5.74, 6) is -6.26. The van der Waals surface area contributed by atoms with Crippen LogP contribution in [0.1, 0.15) is 70.9 Å². The number of carboxylic acid groups (broad SMARTS) is 2. The van der Waals surface area contributed by atoms with E-state index < -0.39 is 61.9 Å². The fourth-order valence-electron chi connectivity index (χ4n) is 14.3. The molecule has 2 aromatic carbocycles. The third kappa shape index (κ3) is 9.49. The molecule has 4 aliphatic heterocycles. The molecule has 4 N–H and O–H groups in total. The number of aryl methyl sites for hydroxylation is 2. The molecule has 4 fully saturated rings. The molecule has 0 spiro atoms. The number of hydrogen-bond acceptors (Lipinski definition) is 15. The summed E-state index contributed by atoms with van der Waals surface area (Å²) in [5.41, 5.74) is 4.95. The Labute approximate surface area is 503 Å². The number of likely N-dealkylation sites (tertiary alicyclic amines) is 2. The summed E-state index contributed by atoms with van der Waals surface area (Å²) in [5, 5.41) is 22.4. The fourth-order valence-corrected chi connectivity index (χ4v) is 14.7. The number of pyridine rings is 6. The lowest BCUT2D eigenvalue weighted by Gasteiger charge is -2.31. The molecule has 26 heteroatoms. The number of hydrogen-bond donors (Lipinski definition) is 4. The second-order valence-corrected chi connectivity index (χ2v) is 24.6. The molecule has 6 aliphatic rings. The van der Waals surface area contributed by atoms with Crippen molar-refractivity contribution in [1.29, 1.82) is 0 Å². The van der Waals surface area contributed by atoms with Crippen molar-refractivity contribution in [2.75, 3.05) is 86.9 Å². The van der Waals surface area contributed by atoms with Crippen LogP contribution in [0.25, 0.3) is 66.6 Å². The van der Waals surface area contributed by atoms with Crippen LogP contribution in [0, 0.1) is 35.1 Å². The van der Waals surface area contributed by atoms with Crippen molar-refractivity contribution in [3.8, 4) is 44.5 Å². The van der Waals surface area contributed by atoms with Gasteiger partial charge in [0.15, 0.2) is 23.3 Å². The van der Waals surface area contributed by atoms with Crippen LogP contribution in [0.15, 0.2) is 71.0 Å². The molecule has 4 saturated heterocycles. The minimum Gasteiger partial charge on any atom is -0.477 e. The molecular formula is C62H64F4N12O9S. The average Bonchev–Trinajstić information content (AvgIpc) is 1.84. The Morgan fingerprint density at radius 1 is 0.625 bits per heavy atom. The lowest BCUT2D eigenvalue weighted by Crippen LogP contribution is -2.35. The SMILES string of the molecule is C.C.CN1CC2[C@@H](CCN2c2c(-c3cnc4c(c3)c(=O)c(C(=O)O)cn4C)cnc3c2-c2c(F)c(F)cc(N(C)S(=O)(=O)O)c2C3)C1.CNc1cc(F)c(F)c2c1Cc1ncc(-c3cnc4c(c3)c(=O)c(C(=O)O)cn4C)c(N3CC[C@H]4CN(C)CC43)c1-2. The van der Waals surface area contributed by atoms with Crippen molar-refractivity contribution in [2.45, 2.75) is 52.6 Å². The molecule has 88 heavy (non-hydrogen) atoms. The Morgan fingerprint density at radius 3 is 1.49 bits per heavy atom. The quantitative estimate of drug-likeness (QED) is 0.0791. The van der Waals surface area contributed by atoms with Crippen molar-refractivity contribution in [2.24, 2.45) is 25.9 Å². The van der Waals surface area contributed by atoms with E-state index in [1.807, 2.05) is 7.05 Å². The Bertz CT molecular complexity index is 4570. The maximum atomic E-state index is 15.9. The molecule has 10 heterocycles. The number of anilines is 4. The molecule has 2 unspecified atom stereocenters. The summed E-state index contributed by atoms with van der Waals surface area (Å²) in [7, 11) is 5.25. The van der Waals surface area contributed by atoms with Crippen LogP contribution in [-0.4, -0.2) is 154 Å². The van der Waals surface area contributed by atoms with Gasteiger partial charge in [-0.3, -0.25) is 28.4 Å². The lowest BCUT2D eigenvalue weighted by atomic mass is 9.96. The highest BCUT2D eigenvalue weighted by atomic mass is 32.2. The molecule has 4 atom stereocenters. The number of rotatable bonds is 9. The molecule has 2 aliphatic carbocycles. The highest BCUT2D eigenvalue weighted by Gasteiger charge is 2.46. The first-order chi connectivity index (χ1) is 40.9. The van der Waals surface area contributed by atoms with Crippen molar-refractivity contribution >= 4 is 67.1 Å². The molecule has 14 rings (SSSR count). The largest absolute Gasteiger partial charge is 0.477 e. The first kappa shape index (κ1) is 60.8. The second-order valence-electron chi connectivity index (χ2n) is 23.2. The molecule has 0 saturated carbocycles. The summed E-state index contributed by atoms with van der Waals surface area (Å²) in [6.45, 7) is 4.71. The minimum absolute atomic E-state index is 0. The smallest absolute Gasteiger partial charge is 0.359 e. The van der Waals surface area contributed by atoms with Crippen LogP contribution in [0.3, 0.4) is 0 Å². The number of halogens is 4. The Morgan fingerprint density at radius 2 is 1.06 bits per heavy atom. The Hall–Kier alpha value is -8.85. The normalized spacial score (nSPS) is 18.9. The summed E-state index contributed by atoms with van der Waals surface area (Å²) < 4.78 is 99.1. The van der Waals surface area contributed by atoms with Gasteiger partial charge in [-0.05, 0) is 62.0 Å². The van der Waals surface area contributed by atoms with Gasteiger partial charge in [0, 0.05) is 192 Å². The van der Waals surface area contributed by atoms with Gasteiger partial charge >= 0.3 is 22.2 Å². The zero-order valence-electron chi connectivity index (χ0n) is 47.3. The molecule has 0 amide bonds. The fraction of sp³-hybridized carbons (Fsp3) is 0.355. The molecule has 0 bridgehead atoms. The molecular weight excluding hydrogens is 1160 g/mol. The van der Waals surface area contributed by atoms with Gasteiger partial charge in [-0.1, -0.05) is 14.9 Å². The van der Waals surface area contributed by atoms with E-state index in [1.54, 1.807) is 45.8 Å². The first-order valence-corrected chi connectivity index (χ1v) is 29.1. The number of carboxylic acids is 2. The van der Waals surface area contributed by atoms with E-state index in [-0.39, 0.29) is 77.7 Å². The summed E-state index contributed by atoms with van der Waals surface area (Å²) in [4.78, 5) is 77.2. The van der Waals surface area contributed by atoms with Gasteiger partial charge in [-0.15, -0.1) is 0 Å². The van der Waals surface area contributed by atoms with Crippen LogP contribution in [0.2, 0.25) is 0 Å². The highest BCUT2D eigenvalue weighted by Crippen LogP contribution is 2.54. The number of carbonyl (C=O) groups is 2. The maximum absolute atomic E-state index is 15.9. The number of nitrogens with one attached hydrogen (secondary N) is 1. The molecule has 21 nitrogen and oxygen atoms in total. The van der Waals surface area contributed by atoms with Gasteiger partial charge in [0.05, 0.1) is 39.2 Å². The third-order valence-electron chi connectivity index (χ3n) is 18.2. The standard InChI is InChI=1S/C30H28F2N6O6S.C30H28F2N6O3.2CH4/c1-35-11-14-4-5-38(23(14)13-35)27-18(15-6-17-28(39)19(30(40)41)12-36(2)29(17)34-9-15)10-33-21-7-16-22(37(3)45(42,43)44)8-20(31)26(32)24(16)25(21)27;1-33-21-8-20(31)26(32)24-16(21)7-22-25(24)27(38-5-4-14-11-36(2)13-23(14)38)18(10-34-22)15-6-17-28(39)19(30(40)41)12-37(3)29(17)35-9-15;;/h6,8-10,12,14,23H,4-5,7,11,13H2,1-3H3,(H,40,41)(H,42,43,44);6,8-10,12,14,23,33H,4-5,7,11,13H2,1-3H3,(H,40,41);2*1H4/t2*14-,23?;;/m00../s1. The van der Waals surface area contributed by atoms with Crippen LogP contribution < -0.4 is 30.3 Å². The van der Waals surface area contributed by atoms with Gasteiger partial charge in [0.2, 0.25) is 10.9 Å². The summed E-state index contributed by atoms with van der Waals surface area (Å²) >= 11 is 0. The van der Waals surface area contributed by atoms with Gasteiger partial charge in [-0.25, -0.2) is 37.1 Å². The zero-order valence-corrected chi connectivity index (χ0v) is 48.1. The van der Waals surface area contributed by atoms with Crippen LogP contribution >= 0.6 is 0 Å². The number of fused-ring (bicyclic) bond motifs is 10. The highest BCUT2D eigenvalue weighted by molar-refractivity contribution is 7.87. The third-order valence-corrected chi connectivity index (χ3v) is 19.1.